The first kappa shape index (κ1) is 33.3. The maximum atomic E-state index is 14.1. The number of phenols is 1. The van der Waals surface area contributed by atoms with E-state index in [2.05, 4.69) is 15.6 Å². The Bertz CT molecular complexity index is 1560. The summed E-state index contributed by atoms with van der Waals surface area (Å²) < 4.78 is 5.80. The number of esters is 1. The zero-order valence-corrected chi connectivity index (χ0v) is 26.8. The fourth-order valence-electron chi connectivity index (χ4n) is 5.77. The van der Waals surface area contributed by atoms with E-state index in [0.717, 1.165) is 22.0 Å². The number of phenolic OH excluding ortho intramolecular Hbond substituents is 1. The number of nitrogens with zero attached hydrogens (tertiary/aromatic N) is 1. The van der Waals surface area contributed by atoms with Gasteiger partial charge in [0.25, 0.3) is 0 Å². The van der Waals surface area contributed by atoms with Crippen LogP contribution in [0.15, 0.2) is 66.4 Å². The summed E-state index contributed by atoms with van der Waals surface area (Å²) in [5.74, 6) is -2.15. The van der Waals surface area contributed by atoms with E-state index in [1.165, 1.54) is 17.0 Å². The maximum Gasteiger partial charge on any atom is 0.308 e. The highest BCUT2D eigenvalue weighted by Crippen LogP contribution is 2.25. The third-order valence-electron chi connectivity index (χ3n) is 8.60. The van der Waals surface area contributed by atoms with Crippen LogP contribution in [0.3, 0.4) is 0 Å². The van der Waals surface area contributed by atoms with E-state index in [9.17, 15) is 24.3 Å². The van der Waals surface area contributed by atoms with Crippen molar-refractivity contribution >= 4 is 34.6 Å². The van der Waals surface area contributed by atoms with E-state index in [-0.39, 0.29) is 30.4 Å². The fraction of sp³-hybridized carbons (Fsp3) is 0.429. The van der Waals surface area contributed by atoms with Gasteiger partial charge >= 0.3 is 5.97 Å². The minimum Gasteiger partial charge on any atom is -0.508 e. The quantitative estimate of drug-likeness (QED) is 0.251. The van der Waals surface area contributed by atoms with Crippen LogP contribution in [0.4, 0.5) is 0 Å². The molecule has 0 spiro atoms. The molecule has 45 heavy (non-hydrogen) atoms. The number of aromatic hydroxyl groups is 1. The lowest BCUT2D eigenvalue weighted by molar-refractivity contribution is -0.150. The monoisotopic (exact) mass is 616 g/mol. The molecule has 1 aliphatic heterocycles. The highest BCUT2D eigenvalue weighted by atomic mass is 16.5. The number of para-hydroxylation sites is 1. The molecule has 4 N–H and O–H groups in total. The van der Waals surface area contributed by atoms with E-state index < -0.39 is 47.9 Å². The highest BCUT2D eigenvalue weighted by Gasteiger charge is 2.34. The van der Waals surface area contributed by atoms with Gasteiger partial charge in [-0.25, -0.2) is 0 Å². The van der Waals surface area contributed by atoms with Crippen LogP contribution in [0.25, 0.3) is 10.9 Å². The first-order valence-corrected chi connectivity index (χ1v) is 15.4. The molecule has 0 radical (unpaired) electrons. The van der Waals surface area contributed by atoms with Crippen LogP contribution in [0, 0.1) is 11.8 Å². The molecule has 2 aromatic carbocycles. The highest BCUT2D eigenvalue weighted by molar-refractivity contribution is 5.93. The molecule has 1 aromatic heterocycles. The van der Waals surface area contributed by atoms with Crippen LogP contribution in [0.5, 0.6) is 5.75 Å². The summed E-state index contributed by atoms with van der Waals surface area (Å²) in [7, 11) is 1.55. The van der Waals surface area contributed by atoms with Crippen LogP contribution in [-0.2, 0) is 30.3 Å². The van der Waals surface area contributed by atoms with Crippen molar-refractivity contribution in [2.75, 3.05) is 7.05 Å². The lowest BCUT2D eigenvalue weighted by Crippen LogP contribution is -2.55. The Balaban J connectivity index is 1.73. The number of nitrogens with one attached hydrogen (secondary N) is 3. The van der Waals surface area contributed by atoms with Gasteiger partial charge in [0.2, 0.25) is 17.7 Å². The number of hydrogen-bond acceptors (Lipinski definition) is 6. The predicted molar refractivity (Wildman–Crippen MR) is 172 cm³/mol. The number of rotatable bonds is 3. The summed E-state index contributed by atoms with van der Waals surface area (Å²) in [5.41, 5.74) is 3.30. The van der Waals surface area contributed by atoms with Gasteiger partial charge in [-0.05, 0) is 56.5 Å². The van der Waals surface area contributed by atoms with Crippen molar-refractivity contribution in [2.24, 2.45) is 11.8 Å². The van der Waals surface area contributed by atoms with Crippen molar-refractivity contribution in [3.63, 3.8) is 0 Å². The summed E-state index contributed by atoms with van der Waals surface area (Å²) in [6.07, 6.45) is 3.86. The molecule has 1 unspecified atom stereocenters. The number of benzene rings is 2. The van der Waals surface area contributed by atoms with E-state index in [1.807, 2.05) is 57.3 Å². The maximum absolute atomic E-state index is 14.1. The summed E-state index contributed by atoms with van der Waals surface area (Å²) >= 11 is 0. The average molecular weight is 617 g/mol. The molecule has 10 heteroatoms. The van der Waals surface area contributed by atoms with Crippen LogP contribution in [0.2, 0.25) is 0 Å². The third-order valence-corrected chi connectivity index (χ3v) is 8.60. The van der Waals surface area contributed by atoms with Gasteiger partial charge in [-0.1, -0.05) is 55.8 Å². The minimum atomic E-state index is -0.980. The number of carbonyl (C=O) groups is 4. The first-order valence-electron chi connectivity index (χ1n) is 15.4. The Morgan fingerprint density at radius 2 is 1.60 bits per heavy atom. The SMILES string of the molecule is C/C1=C\[C@H](C)[C@H](C)OC(=O)CC(c2ccc(O)cc2)NC(=O)[C@@H](Cc2c[nH]c3ccccc23)N(C)C(=O)[C@H](C)NC(=O)[C@@H](C)C1. The van der Waals surface area contributed by atoms with Gasteiger partial charge in [0.15, 0.2) is 0 Å². The number of ether oxygens (including phenoxy) is 1. The average Bonchev–Trinajstić information content (AvgIpc) is 3.41. The molecular formula is C35H44N4O6. The molecule has 3 aromatic rings. The second-order valence-electron chi connectivity index (χ2n) is 12.3. The summed E-state index contributed by atoms with van der Waals surface area (Å²) in [6, 6.07) is 11.3. The number of carbonyl (C=O) groups excluding carboxylic acids is 4. The fourth-order valence-corrected chi connectivity index (χ4v) is 5.77. The largest absolute Gasteiger partial charge is 0.508 e. The smallest absolute Gasteiger partial charge is 0.308 e. The van der Waals surface area contributed by atoms with E-state index in [1.54, 1.807) is 33.0 Å². The van der Waals surface area contributed by atoms with Gasteiger partial charge in [-0.2, -0.15) is 0 Å². The molecule has 240 valence electrons. The van der Waals surface area contributed by atoms with Crippen LogP contribution in [-0.4, -0.2) is 63.9 Å². The number of cyclic esters (lactones) is 1. The van der Waals surface area contributed by atoms with Gasteiger partial charge in [-0.15, -0.1) is 0 Å². The zero-order chi connectivity index (χ0) is 32.8. The normalized spacial score (nSPS) is 27.5. The minimum absolute atomic E-state index is 0.0466. The molecule has 10 nitrogen and oxygen atoms in total. The Morgan fingerprint density at radius 3 is 2.31 bits per heavy atom. The zero-order valence-electron chi connectivity index (χ0n) is 26.8. The number of amides is 3. The van der Waals surface area contributed by atoms with E-state index in [0.29, 0.717) is 12.0 Å². The Morgan fingerprint density at radius 1 is 0.911 bits per heavy atom. The molecule has 2 heterocycles. The second kappa shape index (κ2) is 14.5. The lowest BCUT2D eigenvalue weighted by Gasteiger charge is -2.32. The molecular weight excluding hydrogens is 572 g/mol. The molecule has 4 rings (SSSR count). The van der Waals surface area contributed by atoms with Crippen molar-refractivity contribution in [3.8, 4) is 5.75 Å². The van der Waals surface area contributed by atoms with Gasteiger partial charge in [0.1, 0.15) is 23.9 Å². The molecule has 0 saturated heterocycles. The number of likely N-dealkylation sites (N-methyl/N-ethyl adjacent to an activating group) is 1. The molecule has 0 fully saturated rings. The summed E-state index contributed by atoms with van der Waals surface area (Å²) in [6.45, 7) is 9.10. The number of allylic oxidation sites excluding steroid dienone is 1. The topological polar surface area (TPSA) is 141 Å². The van der Waals surface area contributed by atoms with Crippen LogP contribution in [0.1, 0.15) is 64.6 Å². The molecule has 0 bridgehead atoms. The van der Waals surface area contributed by atoms with Gasteiger partial charge in [0.05, 0.1) is 12.5 Å². The number of H-pyrrole nitrogens is 1. The number of fused-ring (bicyclic) bond motifs is 1. The molecule has 6 atom stereocenters. The lowest BCUT2D eigenvalue weighted by atomic mass is 9.96. The number of aromatic amines is 1. The van der Waals surface area contributed by atoms with Crippen LogP contribution >= 0.6 is 0 Å². The Kier molecular flexibility index (Phi) is 10.7. The van der Waals surface area contributed by atoms with Gasteiger partial charge in [0, 0.05) is 42.4 Å². The number of aromatic nitrogens is 1. The van der Waals surface area contributed by atoms with Crippen molar-refractivity contribution in [3.05, 3.63) is 77.5 Å². The summed E-state index contributed by atoms with van der Waals surface area (Å²) in [4.78, 5) is 58.8. The Labute approximate surface area is 264 Å². The molecule has 0 saturated carbocycles. The Hall–Kier alpha value is -4.60. The van der Waals surface area contributed by atoms with E-state index >= 15 is 0 Å². The van der Waals surface area contributed by atoms with Gasteiger partial charge < -0.3 is 30.4 Å². The molecule has 3 amide bonds. The first-order chi connectivity index (χ1) is 21.3. The van der Waals surface area contributed by atoms with Crippen molar-refractivity contribution in [1.29, 1.82) is 0 Å². The van der Waals surface area contributed by atoms with Crippen LogP contribution < -0.4 is 10.6 Å². The second-order valence-corrected chi connectivity index (χ2v) is 12.3. The molecule has 0 aliphatic carbocycles. The molecule has 1 aliphatic rings. The summed E-state index contributed by atoms with van der Waals surface area (Å²) in [5, 5.41) is 16.6. The third kappa shape index (κ3) is 8.32. The van der Waals surface area contributed by atoms with Crippen molar-refractivity contribution in [1.82, 2.24) is 20.5 Å². The predicted octanol–water partition coefficient (Wildman–Crippen LogP) is 4.55. The standard InChI is InChI=1S/C35H44N4O6/c1-20-15-21(2)24(5)45-32(41)18-30(25-11-13-27(40)14-12-25)38-34(43)31(17-26-19-36-29-10-8-7-9-28(26)29)39(6)35(44)23(4)37-33(42)22(3)16-20/h7-15,19,21-24,30-31,36,40H,16-18H2,1-6H3,(H,37,42)(H,38,43)/b20-15+/t21-,22-,23-,24-,30?,31+/m0/s1. The number of hydrogen-bond donors (Lipinski definition) is 4. The van der Waals surface area contributed by atoms with Gasteiger partial charge in [-0.3, -0.25) is 19.2 Å². The van der Waals surface area contributed by atoms with Crippen molar-refractivity contribution < 1.29 is 29.0 Å². The van der Waals surface area contributed by atoms with E-state index in [4.69, 9.17) is 4.74 Å². The van der Waals surface area contributed by atoms with Crippen molar-refractivity contribution in [2.45, 2.75) is 78.1 Å².